The Labute approximate surface area is 447 Å². The quantitative estimate of drug-likeness (QED) is 0.128. The molecule has 10 heteroatoms. The average molecular weight is 1040 g/mol. The third-order valence-corrected chi connectivity index (χ3v) is 15.1. The van der Waals surface area contributed by atoms with Gasteiger partial charge in [-0.15, -0.1) is 0 Å². The van der Waals surface area contributed by atoms with Crippen molar-refractivity contribution in [2.75, 3.05) is 9.80 Å². The van der Waals surface area contributed by atoms with E-state index in [4.69, 9.17) is 8.83 Å². The van der Waals surface area contributed by atoms with E-state index in [0.717, 1.165) is 95.1 Å². The third-order valence-electron chi connectivity index (χ3n) is 15.1. The van der Waals surface area contributed by atoms with Gasteiger partial charge in [-0.25, -0.2) is 0 Å². The topological polar surface area (TPSA) is 32.8 Å². The number of alkyl halides is 6. The molecule has 2 aromatic heterocycles. The lowest BCUT2D eigenvalue weighted by Gasteiger charge is -2.31. The van der Waals surface area contributed by atoms with Crippen molar-refractivity contribution in [3.63, 3.8) is 0 Å². The number of hydrogen-bond donors (Lipinski definition) is 0. The van der Waals surface area contributed by atoms with Crippen LogP contribution in [0.1, 0.15) is 72.9 Å². The monoisotopic (exact) mass is 1040 g/mol. The van der Waals surface area contributed by atoms with Gasteiger partial charge in [-0.2, -0.15) is 26.3 Å². The molecule has 0 spiro atoms. The predicted octanol–water partition coefficient (Wildman–Crippen LogP) is 21.8. The molecule has 12 aromatic rings. The molecule has 0 saturated carbocycles. The molecule has 78 heavy (non-hydrogen) atoms. The number of benzene rings is 10. The van der Waals surface area contributed by atoms with E-state index in [-0.39, 0.29) is 23.0 Å². The highest BCUT2D eigenvalue weighted by Crippen LogP contribution is 2.50. The van der Waals surface area contributed by atoms with Crippen LogP contribution in [0.2, 0.25) is 0 Å². The first kappa shape index (κ1) is 50.1. The summed E-state index contributed by atoms with van der Waals surface area (Å²) in [7, 11) is 0. The summed E-state index contributed by atoms with van der Waals surface area (Å²) in [6, 6.07) is 59.0. The fraction of sp³-hybridized carbons (Fsp3) is 0.147. The van der Waals surface area contributed by atoms with Crippen LogP contribution in [0.4, 0.5) is 60.5 Å². The number of aryl methyl sites for hydroxylation is 2. The maximum Gasteiger partial charge on any atom is 0.417 e. The summed E-state index contributed by atoms with van der Waals surface area (Å²) in [5, 5.41) is 5.28. The van der Waals surface area contributed by atoms with E-state index >= 15 is 0 Å². The second-order valence-electron chi connectivity index (χ2n) is 20.8. The van der Waals surface area contributed by atoms with Gasteiger partial charge < -0.3 is 18.6 Å². The second-order valence-corrected chi connectivity index (χ2v) is 20.8. The van der Waals surface area contributed by atoms with Crippen LogP contribution in [0.25, 0.3) is 76.9 Å². The average Bonchev–Trinajstić information content (AvgIpc) is 4.15. The largest absolute Gasteiger partial charge is 0.456 e. The molecule has 0 aliphatic heterocycles. The molecule has 10 aromatic carbocycles. The Hall–Kier alpha value is -8.76. The van der Waals surface area contributed by atoms with Crippen LogP contribution in [-0.4, -0.2) is 0 Å². The zero-order chi connectivity index (χ0) is 54.4. The maximum absolute atomic E-state index is 14.5. The second kappa shape index (κ2) is 19.1. The van der Waals surface area contributed by atoms with Crippen LogP contribution in [-0.2, 0) is 12.4 Å². The first-order chi connectivity index (χ1) is 37.4. The molecular weight excluding hydrogens is 991 g/mol. The van der Waals surface area contributed by atoms with Crippen LogP contribution in [0.5, 0.6) is 0 Å². The molecule has 0 saturated heterocycles. The number of furan rings is 2. The highest BCUT2D eigenvalue weighted by atomic mass is 19.4. The minimum absolute atomic E-state index is 0.0937. The highest BCUT2D eigenvalue weighted by molar-refractivity contribution is 6.18. The van der Waals surface area contributed by atoms with Crippen LogP contribution < -0.4 is 9.80 Å². The van der Waals surface area contributed by atoms with E-state index in [1.807, 2.05) is 105 Å². The van der Waals surface area contributed by atoms with Gasteiger partial charge in [0, 0.05) is 50.0 Å². The molecule has 388 valence electrons. The molecule has 0 radical (unpaired) electrons. The van der Waals surface area contributed by atoms with Crippen molar-refractivity contribution < 1.29 is 35.2 Å². The molecular formula is C68H52F6N2O2. The van der Waals surface area contributed by atoms with Gasteiger partial charge in [-0.1, -0.05) is 143 Å². The first-order valence-corrected chi connectivity index (χ1v) is 26.0. The van der Waals surface area contributed by atoms with Crippen molar-refractivity contribution in [3.05, 3.63) is 228 Å². The predicted molar refractivity (Wildman–Crippen MR) is 306 cm³/mol. The molecule has 0 aliphatic carbocycles. The Balaban J connectivity index is 0.997. The number of para-hydroxylation sites is 3. The van der Waals surface area contributed by atoms with Gasteiger partial charge in [0.25, 0.3) is 0 Å². The van der Waals surface area contributed by atoms with E-state index < -0.39 is 23.5 Å². The van der Waals surface area contributed by atoms with E-state index in [2.05, 4.69) is 80.0 Å². The molecule has 12 rings (SSSR count). The lowest BCUT2D eigenvalue weighted by molar-refractivity contribution is -0.137. The van der Waals surface area contributed by atoms with Crippen LogP contribution in [0.3, 0.4) is 0 Å². The molecule has 0 fully saturated rings. The van der Waals surface area contributed by atoms with E-state index in [0.29, 0.717) is 39.1 Å². The number of anilines is 6. The van der Waals surface area contributed by atoms with Gasteiger partial charge in [0.1, 0.15) is 16.7 Å². The summed E-state index contributed by atoms with van der Waals surface area (Å²) in [5.41, 5.74) is 11.0. The highest BCUT2D eigenvalue weighted by Gasteiger charge is 2.35. The van der Waals surface area contributed by atoms with Crippen molar-refractivity contribution in [1.82, 2.24) is 0 Å². The van der Waals surface area contributed by atoms with E-state index in [1.54, 1.807) is 24.3 Å². The van der Waals surface area contributed by atoms with Gasteiger partial charge in [-0.3, -0.25) is 0 Å². The van der Waals surface area contributed by atoms with Crippen molar-refractivity contribution >= 4 is 88.8 Å². The zero-order valence-electron chi connectivity index (χ0n) is 43.6. The first-order valence-electron chi connectivity index (χ1n) is 26.0. The van der Waals surface area contributed by atoms with Gasteiger partial charge in [0.15, 0.2) is 5.58 Å². The number of rotatable bonds is 10. The molecule has 0 unspecified atom stereocenters. The lowest BCUT2D eigenvalue weighted by Crippen LogP contribution is -2.14. The number of fused-ring (bicyclic) bond motifs is 7. The van der Waals surface area contributed by atoms with Gasteiger partial charge in [0.2, 0.25) is 0 Å². The molecule has 2 heterocycles. The summed E-state index contributed by atoms with van der Waals surface area (Å²) >= 11 is 0. The standard InChI is InChI=1S/C68H52F6N2O2/c1-39(2)48-16-9-13-23-58(48)75(61-34-44(28-26-41(61)5)50-18-7-11-21-56(50)67(69,70)71)47-31-30-43-33-53-55-38-65-54(37-64(55)77-63(53)36-46(43)32-47)52-20-15-25-60(66(52)78-65)76(59-24-14-10-17-49(59)40(3)4)62-35-45(29-27-42(62)6)51-19-8-12-22-57(51)68(72,73)74/h7-40H,1-6H3. The minimum Gasteiger partial charge on any atom is -0.456 e. The summed E-state index contributed by atoms with van der Waals surface area (Å²) < 4.78 is 100. The number of hydrogen-bond acceptors (Lipinski definition) is 4. The van der Waals surface area contributed by atoms with Crippen molar-refractivity contribution in [3.8, 4) is 22.3 Å². The van der Waals surface area contributed by atoms with E-state index in [9.17, 15) is 26.3 Å². The normalized spacial score (nSPS) is 12.3. The van der Waals surface area contributed by atoms with Crippen molar-refractivity contribution in [2.45, 2.75) is 65.7 Å². The third kappa shape index (κ3) is 8.69. The fourth-order valence-corrected chi connectivity index (χ4v) is 11.3. The fourth-order valence-electron chi connectivity index (χ4n) is 11.3. The Morgan fingerprint density at radius 1 is 0.372 bits per heavy atom. The van der Waals surface area contributed by atoms with Gasteiger partial charge in [0.05, 0.1) is 16.8 Å². The Morgan fingerprint density at radius 2 is 0.846 bits per heavy atom. The van der Waals surface area contributed by atoms with Gasteiger partial charge in [-0.05, 0) is 160 Å². The molecule has 0 aliphatic rings. The number of halogens is 6. The Kier molecular flexibility index (Phi) is 12.2. The number of nitrogens with zero attached hydrogens (tertiary/aromatic N) is 2. The minimum atomic E-state index is -4.55. The zero-order valence-corrected chi connectivity index (χ0v) is 43.6. The summed E-state index contributed by atoms with van der Waals surface area (Å²) in [6.07, 6.45) is -9.09. The summed E-state index contributed by atoms with van der Waals surface area (Å²) in [4.78, 5) is 4.26. The Bertz CT molecular complexity index is 4310. The van der Waals surface area contributed by atoms with Gasteiger partial charge >= 0.3 is 12.4 Å². The van der Waals surface area contributed by atoms with E-state index in [1.165, 1.54) is 24.3 Å². The molecule has 0 N–H and O–H groups in total. The van der Waals surface area contributed by atoms with Crippen LogP contribution in [0.15, 0.2) is 203 Å². The Morgan fingerprint density at radius 3 is 1.42 bits per heavy atom. The molecule has 0 atom stereocenters. The molecule has 0 bridgehead atoms. The van der Waals surface area contributed by atoms with Crippen LogP contribution >= 0.6 is 0 Å². The smallest absolute Gasteiger partial charge is 0.417 e. The summed E-state index contributed by atoms with van der Waals surface area (Å²) in [5.74, 6) is 0.245. The summed E-state index contributed by atoms with van der Waals surface area (Å²) in [6.45, 7) is 12.5. The van der Waals surface area contributed by atoms with Crippen molar-refractivity contribution in [2.24, 2.45) is 0 Å². The van der Waals surface area contributed by atoms with Crippen molar-refractivity contribution in [1.29, 1.82) is 0 Å². The maximum atomic E-state index is 14.5. The SMILES string of the molecule is Cc1ccc(-c2ccccc2C(F)(F)F)cc1N(c1ccc2cc3c(cc2c1)oc1cc2c(cc13)oc1c(N(c3cc(-c4ccccc4C(F)(F)F)ccc3C)c3ccccc3C(C)C)cccc12)c1ccccc1C(C)C. The lowest BCUT2D eigenvalue weighted by atomic mass is 9.95. The molecule has 0 amide bonds. The molecule has 4 nitrogen and oxygen atoms in total. The van der Waals surface area contributed by atoms with Crippen LogP contribution in [0, 0.1) is 13.8 Å².